The molecule has 4 aromatic rings. The van der Waals surface area contributed by atoms with Crippen molar-refractivity contribution in [2.75, 3.05) is 0 Å². The number of hydrogen-bond acceptors (Lipinski definition) is 1. The second-order valence-electron chi connectivity index (χ2n) is 5.81. The van der Waals surface area contributed by atoms with Crippen molar-refractivity contribution in [3.8, 4) is 0 Å². The largest absolute Gasteiger partial charge is 0.366 e. The molecule has 0 bridgehead atoms. The molecule has 0 saturated carbocycles. The molecule has 0 saturated heterocycles. The van der Waals surface area contributed by atoms with Crippen molar-refractivity contribution >= 4 is 43.6 Å². The second kappa shape index (κ2) is 6.01. The molecular formula is C20H13BrFN2O. The highest BCUT2D eigenvalue weighted by molar-refractivity contribution is 9.10. The molecule has 1 aromatic heterocycles. The Labute approximate surface area is 152 Å². The lowest BCUT2D eigenvalue weighted by Crippen LogP contribution is -2.11. The van der Waals surface area contributed by atoms with E-state index in [0.29, 0.717) is 22.9 Å². The summed E-state index contributed by atoms with van der Waals surface area (Å²) >= 11 is 3.56. The summed E-state index contributed by atoms with van der Waals surface area (Å²) in [5, 5.41) is 1.20. The zero-order valence-corrected chi connectivity index (χ0v) is 14.7. The van der Waals surface area contributed by atoms with Gasteiger partial charge in [0.2, 0.25) is 5.91 Å². The molecule has 1 radical (unpaired) electrons. The molecule has 0 aliphatic heterocycles. The van der Waals surface area contributed by atoms with E-state index in [1.54, 1.807) is 18.2 Å². The van der Waals surface area contributed by atoms with Crippen LogP contribution < -0.4 is 5.73 Å². The molecule has 1 heterocycles. The molecule has 123 valence electrons. The van der Waals surface area contributed by atoms with E-state index >= 15 is 0 Å². The quantitative estimate of drug-likeness (QED) is 0.539. The first-order valence-electron chi connectivity index (χ1n) is 7.72. The van der Waals surface area contributed by atoms with E-state index < -0.39 is 11.7 Å². The first kappa shape index (κ1) is 15.8. The summed E-state index contributed by atoms with van der Waals surface area (Å²) in [5.41, 5.74) is 8.61. The van der Waals surface area contributed by atoms with E-state index in [0.717, 1.165) is 21.1 Å². The maximum Gasteiger partial charge on any atom is 0.249 e. The first-order valence-corrected chi connectivity index (χ1v) is 8.51. The number of nitrogens with two attached hydrogens (primary N) is 1. The first-order chi connectivity index (χ1) is 12.1. The van der Waals surface area contributed by atoms with Gasteiger partial charge in [-0.1, -0.05) is 40.2 Å². The predicted molar refractivity (Wildman–Crippen MR) is 100.0 cm³/mol. The molecule has 0 aliphatic carbocycles. The fourth-order valence-electron chi connectivity index (χ4n) is 3.21. The van der Waals surface area contributed by atoms with Crippen molar-refractivity contribution in [1.82, 2.24) is 4.57 Å². The number of benzene rings is 3. The molecule has 0 atom stereocenters. The lowest BCUT2D eigenvalue weighted by molar-refractivity contribution is 0.100. The van der Waals surface area contributed by atoms with Crippen LogP contribution in [0, 0.1) is 11.9 Å². The number of nitrogens with zero attached hydrogens (tertiary/aromatic N) is 1. The maximum atomic E-state index is 13.8. The predicted octanol–water partition coefficient (Wildman–Crippen LogP) is 4.64. The molecule has 0 fully saturated rings. The Morgan fingerprint density at radius 3 is 2.64 bits per heavy atom. The van der Waals surface area contributed by atoms with Crippen LogP contribution in [0.4, 0.5) is 4.39 Å². The third-order valence-electron chi connectivity index (χ3n) is 4.31. The van der Waals surface area contributed by atoms with Crippen LogP contribution in [-0.2, 0) is 6.54 Å². The molecule has 0 aliphatic rings. The highest BCUT2D eigenvalue weighted by Crippen LogP contribution is 2.33. The number of amides is 1. The molecule has 0 spiro atoms. The minimum absolute atomic E-state index is 0.371. The molecule has 3 nitrogen and oxygen atoms in total. The number of aromatic nitrogens is 1. The molecule has 3 aromatic carbocycles. The monoisotopic (exact) mass is 395 g/mol. The Morgan fingerprint density at radius 2 is 1.88 bits per heavy atom. The van der Waals surface area contributed by atoms with E-state index in [1.165, 1.54) is 6.07 Å². The van der Waals surface area contributed by atoms with Gasteiger partial charge in [-0.15, -0.1) is 0 Å². The van der Waals surface area contributed by atoms with E-state index in [4.69, 9.17) is 5.73 Å². The summed E-state index contributed by atoms with van der Waals surface area (Å²) in [5.74, 6) is -1.00. The van der Waals surface area contributed by atoms with Crippen LogP contribution in [0.5, 0.6) is 0 Å². The lowest BCUT2D eigenvalue weighted by atomic mass is 10.1. The molecule has 25 heavy (non-hydrogen) atoms. The minimum Gasteiger partial charge on any atom is -0.366 e. The fraction of sp³-hybridized carbons (Fsp3) is 0.0500. The Hall–Kier alpha value is -2.66. The van der Waals surface area contributed by atoms with Crippen molar-refractivity contribution in [2.24, 2.45) is 5.73 Å². The highest BCUT2D eigenvalue weighted by atomic mass is 79.9. The Morgan fingerprint density at radius 1 is 1.08 bits per heavy atom. The second-order valence-corrected chi connectivity index (χ2v) is 6.66. The highest BCUT2D eigenvalue weighted by Gasteiger charge is 2.17. The van der Waals surface area contributed by atoms with Gasteiger partial charge < -0.3 is 10.3 Å². The summed E-state index contributed by atoms with van der Waals surface area (Å²) < 4.78 is 16.8. The number of rotatable bonds is 3. The average molecular weight is 396 g/mol. The Kier molecular flexibility index (Phi) is 3.81. The smallest absolute Gasteiger partial charge is 0.249 e. The minimum atomic E-state index is -0.539. The summed E-state index contributed by atoms with van der Waals surface area (Å²) in [6.45, 7) is 0.573. The zero-order chi connectivity index (χ0) is 17.6. The summed E-state index contributed by atoms with van der Waals surface area (Å²) in [6.07, 6.45) is 0. The standard InChI is InChI=1S/C20H13BrFN2O/c21-16-6-2-1-4-12(16)11-24-17-9-8-13(22)10-15(17)19-14(20(23)25)5-3-7-18(19)24/h1-9H,11H2,(H2,23,25). The fourth-order valence-corrected chi connectivity index (χ4v) is 3.62. The Bertz CT molecular complexity index is 1130. The van der Waals surface area contributed by atoms with Crippen molar-refractivity contribution < 1.29 is 9.18 Å². The van der Waals surface area contributed by atoms with Crippen molar-refractivity contribution in [2.45, 2.75) is 6.54 Å². The van der Waals surface area contributed by atoms with Gasteiger partial charge in [0.15, 0.2) is 0 Å². The van der Waals surface area contributed by atoms with Gasteiger partial charge in [-0.05, 0) is 35.9 Å². The van der Waals surface area contributed by atoms with Gasteiger partial charge in [0.1, 0.15) is 5.82 Å². The molecule has 0 unspecified atom stereocenters. The van der Waals surface area contributed by atoms with E-state index in [2.05, 4.69) is 22.0 Å². The molecule has 1 amide bonds. The lowest BCUT2D eigenvalue weighted by Gasteiger charge is -2.09. The van der Waals surface area contributed by atoms with Gasteiger partial charge in [0, 0.05) is 33.4 Å². The molecule has 2 N–H and O–H groups in total. The van der Waals surface area contributed by atoms with Crippen LogP contribution in [0.1, 0.15) is 15.9 Å². The van der Waals surface area contributed by atoms with Crippen LogP contribution in [0.25, 0.3) is 21.8 Å². The summed E-state index contributed by atoms with van der Waals surface area (Å²) in [4.78, 5) is 11.9. The van der Waals surface area contributed by atoms with Gasteiger partial charge in [-0.25, -0.2) is 4.39 Å². The van der Waals surface area contributed by atoms with Crippen molar-refractivity contribution in [1.29, 1.82) is 0 Å². The summed E-state index contributed by atoms with van der Waals surface area (Å²) in [7, 11) is 0. The molecule has 5 heteroatoms. The molecule has 4 rings (SSSR count). The van der Waals surface area contributed by atoms with Crippen LogP contribution in [-0.4, -0.2) is 10.5 Å². The topological polar surface area (TPSA) is 48.0 Å². The normalized spacial score (nSPS) is 11.3. The van der Waals surface area contributed by atoms with Crippen LogP contribution in [0.3, 0.4) is 0 Å². The number of carbonyl (C=O) groups is 1. The number of halogens is 2. The maximum absolute atomic E-state index is 13.8. The van der Waals surface area contributed by atoms with Gasteiger partial charge in [-0.3, -0.25) is 4.79 Å². The third-order valence-corrected chi connectivity index (χ3v) is 5.09. The van der Waals surface area contributed by atoms with Gasteiger partial charge in [0.05, 0.1) is 11.0 Å². The van der Waals surface area contributed by atoms with Crippen LogP contribution in [0.15, 0.2) is 59.1 Å². The number of hydrogen-bond donors (Lipinski definition) is 1. The number of primary amides is 1. The van der Waals surface area contributed by atoms with Gasteiger partial charge in [-0.2, -0.15) is 0 Å². The van der Waals surface area contributed by atoms with Crippen molar-refractivity contribution in [3.63, 3.8) is 0 Å². The van der Waals surface area contributed by atoms with E-state index in [1.807, 2.05) is 34.9 Å². The molecular weight excluding hydrogens is 383 g/mol. The SMILES string of the molecule is NC(=O)c1cccc2c1c1[c]c(F)ccc1n2Cc1ccccc1Br. The van der Waals surface area contributed by atoms with Crippen LogP contribution in [0.2, 0.25) is 0 Å². The van der Waals surface area contributed by atoms with Crippen molar-refractivity contribution in [3.05, 3.63) is 82.1 Å². The van der Waals surface area contributed by atoms with Gasteiger partial charge in [0.25, 0.3) is 0 Å². The number of carbonyl (C=O) groups excluding carboxylic acids is 1. The van der Waals surface area contributed by atoms with E-state index in [-0.39, 0.29) is 0 Å². The Balaban J connectivity index is 2.08. The zero-order valence-electron chi connectivity index (χ0n) is 13.1. The number of fused-ring (bicyclic) bond motifs is 3. The van der Waals surface area contributed by atoms with E-state index in [9.17, 15) is 9.18 Å². The average Bonchev–Trinajstić information content (AvgIpc) is 2.90. The summed E-state index contributed by atoms with van der Waals surface area (Å²) in [6, 6.07) is 19.1. The third kappa shape index (κ3) is 2.61. The van der Waals surface area contributed by atoms with Crippen LogP contribution >= 0.6 is 15.9 Å². The van der Waals surface area contributed by atoms with Gasteiger partial charge >= 0.3 is 0 Å².